The second-order valence-electron chi connectivity index (χ2n) is 7.01. The van der Waals surface area contributed by atoms with Gasteiger partial charge < -0.3 is 9.73 Å². The number of hydrogen-bond donors (Lipinski definition) is 1. The van der Waals surface area contributed by atoms with Crippen molar-refractivity contribution in [2.45, 2.75) is 26.4 Å². The molecular formula is C19H24BrN3O3. The Labute approximate surface area is 161 Å². The highest BCUT2D eigenvalue weighted by molar-refractivity contribution is 9.10. The van der Waals surface area contributed by atoms with Gasteiger partial charge in [0.2, 0.25) is 5.91 Å². The van der Waals surface area contributed by atoms with Crippen molar-refractivity contribution in [3.05, 3.63) is 44.7 Å². The fraction of sp³-hybridized carbons (Fsp3) is 0.474. The molecule has 1 aliphatic rings. The maximum atomic E-state index is 11.9. The summed E-state index contributed by atoms with van der Waals surface area (Å²) in [5.41, 5.74) is 1.26. The normalized spacial score (nSPS) is 16.3. The third kappa shape index (κ3) is 4.93. The van der Waals surface area contributed by atoms with Crippen LogP contribution in [0.3, 0.4) is 0 Å². The van der Waals surface area contributed by atoms with Gasteiger partial charge in [-0.3, -0.25) is 14.6 Å². The Morgan fingerprint density at radius 3 is 2.58 bits per heavy atom. The van der Waals surface area contributed by atoms with Crippen LogP contribution in [0.4, 0.5) is 0 Å². The molecule has 6 nitrogen and oxygen atoms in total. The number of nitrogens with one attached hydrogen (secondary N) is 1. The molecule has 0 saturated carbocycles. The van der Waals surface area contributed by atoms with Crippen molar-refractivity contribution in [3.63, 3.8) is 0 Å². The zero-order valence-corrected chi connectivity index (χ0v) is 16.7. The van der Waals surface area contributed by atoms with E-state index < -0.39 is 0 Å². The summed E-state index contributed by atoms with van der Waals surface area (Å²) in [6, 6.07) is 7.51. The van der Waals surface area contributed by atoms with E-state index in [2.05, 4.69) is 31.0 Å². The minimum Gasteiger partial charge on any atom is -0.423 e. The lowest BCUT2D eigenvalue weighted by Crippen LogP contribution is -2.49. The Hall–Kier alpha value is -1.70. The van der Waals surface area contributed by atoms with Crippen LogP contribution in [0.2, 0.25) is 0 Å². The van der Waals surface area contributed by atoms with E-state index in [4.69, 9.17) is 4.42 Å². The summed E-state index contributed by atoms with van der Waals surface area (Å²) in [4.78, 5) is 28.2. The van der Waals surface area contributed by atoms with E-state index in [1.807, 2.05) is 32.0 Å². The van der Waals surface area contributed by atoms with Crippen molar-refractivity contribution in [2.75, 3.05) is 32.7 Å². The van der Waals surface area contributed by atoms with E-state index in [-0.39, 0.29) is 17.6 Å². The van der Waals surface area contributed by atoms with Gasteiger partial charge >= 0.3 is 5.63 Å². The van der Waals surface area contributed by atoms with Crippen LogP contribution in [-0.4, -0.2) is 54.5 Å². The minimum absolute atomic E-state index is 0.0747. The molecule has 1 amide bonds. The largest absolute Gasteiger partial charge is 0.423 e. The smallest absolute Gasteiger partial charge is 0.336 e. The van der Waals surface area contributed by atoms with Crippen LogP contribution in [0.1, 0.15) is 19.4 Å². The number of halogens is 1. The molecule has 3 rings (SSSR count). The Morgan fingerprint density at radius 1 is 1.19 bits per heavy atom. The molecule has 1 aromatic heterocycles. The van der Waals surface area contributed by atoms with Crippen molar-refractivity contribution in [1.29, 1.82) is 0 Å². The predicted molar refractivity (Wildman–Crippen MR) is 105 cm³/mol. The third-order valence-corrected chi connectivity index (χ3v) is 4.96. The molecule has 0 spiro atoms. The van der Waals surface area contributed by atoms with Crippen LogP contribution in [0, 0.1) is 0 Å². The Morgan fingerprint density at radius 2 is 1.88 bits per heavy atom. The summed E-state index contributed by atoms with van der Waals surface area (Å²) in [6.45, 7) is 8.51. The zero-order chi connectivity index (χ0) is 18.7. The highest BCUT2D eigenvalue weighted by Gasteiger charge is 2.20. The maximum absolute atomic E-state index is 11.9. The standard InChI is InChI=1S/C19H24BrN3O3/c1-13(2)21-18(24)12-23-7-5-22(6-8-23)11-14-9-19(25)26-17-10-15(20)3-4-16(14)17/h3-4,9-10,13H,5-8,11-12H2,1-2H3,(H,21,24). The van der Waals surface area contributed by atoms with Crippen LogP contribution in [0.5, 0.6) is 0 Å². The average Bonchev–Trinajstić information content (AvgIpc) is 2.55. The lowest BCUT2D eigenvalue weighted by molar-refractivity contribution is -0.123. The predicted octanol–water partition coefficient (Wildman–Crippen LogP) is 2.20. The van der Waals surface area contributed by atoms with Crippen molar-refractivity contribution in [1.82, 2.24) is 15.1 Å². The highest BCUT2D eigenvalue weighted by atomic mass is 79.9. The van der Waals surface area contributed by atoms with Gasteiger partial charge in [0.15, 0.2) is 0 Å². The van der Waals surface area contributed by atoms with Crippen molar-refractivity contribution in [2.24, 2.45) is 0 Å². The number of fused-ring (bicyclic) bond motifs is 1. The van der Waals surface area contributed by atoms with Gasteiger partial charge in [-0.2, -0.15) is 0 Å². The molecule has 1 saturated heterocycles. The van der Waals surface area contributed by atoms with Gasteiger partial charge in [0.25, 0.3) is 0 Å². The van der Waals surface area contributed by atoms with E-state index >= 15 is 0 Å². The average molecular weight is 422 g/mol. The lowest BCUT2D eigenvalue weighted by Gasteiger charge is -2.34. The molecule has 2 heterocycles. The first kappa shape index (κ1) is 19.1. The topological polar surface area (TPSA) is 65.8 Å². The number of hydrogen-bond acceptors (Lipinski definition) is 5. The SMILES string of the molecule is CC(C)NC(=O)CN1CCN(Cc2cc(=O)oc3cc(Br)ccc23)CC1. The molecular weight excluding hydrogens is 398 g/mol. The molecule has 0 atom stereocenters. The summed E-state index contributed by atoms with van der Waals surface area (Å²) in [6.07, 6.45) is 0. The van der Waals surface area contributed by atoms with Gasteiger partial charge in [-0.25, -0.2) is 4.79 Å². The molecule has 0 radical (unpaired) electrons. The van der Waals surface area contributed by atoms with Gasteiger partial charge in [-0.05, 0) is 37.6 Å². The van der Waals surface area contributed by atoms with E-state index in [0.717, 1.165) is 41.6 Å². The summed E-state index contributed by atoms with van der Waals surface area (Å²) in [5, 5.41) is 3.89. The number of piperazine rings is 1. The number of carbonyl (C=O) groups excluding carboxylic acids is 1. The zero-order valence-electron chi connectivity index (χ0n) is 15.1. The lowest BCUT2D eigenvalue weighted by atomic mass is 10.1. The molecule has 140 valence electrons. The van der Waals surface area contributed by atoms with Gasteiger partial charge in [-0.1, -0.05) is 15.9 Å². The van der Waals surface area contributed by atoms with Crippen molar-refractivity contribution < 1.29 is 9.21 Å². The first-order chi connectivity index (χ1) is 12.4. The van der Waals surface area contributed by atoms with E-state index in [0.29, 0.717) is 18.7 Å². The maximum Gasteiger partial charge on any atom is 0.336 e. The number of rotatable bonds is 5. The van der Waals surface area contributed by atoms with E-state index in [1.165, 1.54) is 0 Å². The molecule has 26 heavy (non-hydrogen) atoms. The second-order valence-corrected chi connectivity index (χ2v) is 7.92. The molecule has 0 bridgehead atoms. The summed E-state index contributed by atoms with van der Waals surface area (Å²) in [5.74, 6) is 0.0747. The van der Waals surface area contributed by atoms with Crippen LogP contribution in [0.25, 0.3) is 11.0 Å². The minimum atomic E-state index is -0.324. The fourth-order valence-electron chi connectivity index (χ4n) is 3.25. The molecule has 0 aliphatic carbocycles. The number of carbonyl (C=O) groups is 1. The van der Waals surface area contributed by atoms with Gasteiger partial charge in [0, 0.05) is 54.7 Å². The summed E-state index contributed by atoms with van der Waals surface area (Å²) >= 11 is 3.41. The quantitative estimate of drug-likeness (QED) is 0.749. The van der Waals surface area contributed by atoms with E-state index in [1.54, 1.807) is 6.07 Å². The Bertz CT molecular complexity index is 842. The number of amides is 1. The molecule has 2 aromatic rings. The highest BCUT2D eigenvalue weighted by Crippen LogP contribution is 2.23. The van der Waals surface area contributed by atoms with Crippen LogP contribution < -0.4 is 10.9 Å². The molecule has 1 fully saturated rings. The van der Waals surface area contributed by atoms with Crippen LogP contribution in [-0.2, 0) is 11.3 Å². The van der Waals surface area contributed by atoms with Crippen LogP contribution in [0.15, 0.2) is 37.9 Å². The second kappa shape index (κ2) is 8.33. The Kier molecular flexibility index (Phi) is 6.11. The summed E-state index contributed by atoms with van der Waals surface area (Å²) < 4.78 is 6.20. The van der Waals surface area contributed by atoms with Gasteiger partial charge in [-0.15, -0.1) is 0 Å². The molecule has 7 heteroatoms. The van der Waals surface area contributed by atoms with E-state index in [9.17, 15) is 9.59 Å². The first-order valence-electron chi connectivity index (χ1n) is 8.87. The number of benzene rings is 1. The Balaban J connectivity index is 1.62. The monoisotopic (exact) mass is 421 g/mol. The fourth-order valence-corrected chi connectivity index (χ4v) is 3.59. The molecule has 0 unspecified atom stereocenters. The van der Waals surface area contributed by atoms with Crippen LogP contribution >= 0.6 is 15.9 Å². The summed E-state index contributed by atoms with van der Waals surface area (Å²) in [7, 11) is 0. The molecule has 1 aliphatic heterocycles. The van der Waals surface area contributed by atoms with Crippen molar-refractivity contribution in [3.8, 4) is 0 Å². The number of nitrogens with zero attached hydrogens (tertiary/aromatic N) is 2. The van der Waals surface area contributed by atoms with Crippen molar-refractivity contribution >= 4 is 32.8 Å². The van der Waals surface area contributed by atoms with Gasteiger partial charge in [0.05, 0.1) is 6.54 Å². The van der Waals surface area contributed by atoms with Gasteiger partial charge in [0.1, 0.15) is 5.58 Å². The molecule has 1 aromatic carbocycles. The molecule has 1 N–H and O–H groups in total. The first-order valence-corrected chi connectivity index (χ1v) is 9.66. The third-order valence-electron chi connectivity index (χ3n) is 4.47.